The van der Waals surface area contributed by atoms with Gasteiger partial charge in [0.05, 0.1) is 0 Å². The maximum absolute atomic E-state index is 11.7. The summed E-state index contributed by atoms with van der Waals surface area (Å²) in [5.41, 5.74) is 1.73. The van der Waals surface area contributed by atoms with E-state index in [1.807, 2.05) is 32.9 Å². The molecule has 128 valence electrons. The van der Waals surface area contributed by atoms with Crippen LogP contribution in [0.3, 0.4) is 0 Å². The van der Waals surface area contributed by atoms with Gasteiger partial charge in [0.1, 0.15) is 5.60 Å². The number of alkyl carbamates (subject to hydrolysis) is 1. The molecular formula is C19H30N2O2. The van der Waals surface area contributed by atoms with E-state index >= 15 is 0 Å². The van der Waals surface area contributed by atoms with E-state index in [1.165, 1.54) is 12.8 Å². The standard InChI is InChI=1S/C19H30N2O2/c1-13(2)15-10-17(11-15)21-16-8-6-7-14(9-16)12-20-18(22)23-19(3,4)5/h6-9,13,15,17,21H,10-12H2,1-5H3,(H,20,22). The molecule has 0 heterocycles. The van der Waals surface area contributed by atoms with Gasteiger partial charge in [-0.1, -0.05) is 26.0 Å². The first-order valence-electron chi connectivity index (χ1n) is 8.55. The molecule has 1 aliphatic rings. The van der Waals surface area contributed by atoms with Crippen LogP contribution in [0.5, 0.6) is 0 Å². The molecule has 0 bridgehead atoms. The fraction of sp³-hybridized carbons (Fsp3) is 0.632. The van der Waals surface area contributed by atoms with Gasteiger partial charge in [0.15, 0.2) is 0 Å². The molecule has 0 aliphatic heterocycles. The molecule has 1 fully saturated rings. The molecule has 1 aromatic carbocycles. The Morgan fingerprint density at radius 1 is 1.30 bits per heavy atom. The highest BCUT2D eigenvalue weighted by Gasteiger charge is 2.30. The lowest BCUT2D eigenvalue weighted by Gasteiger charge is -2.39. The molecule has 1 amide bonds. The lowest BCUT2D eigenvalue weighted by Crippen LogP contribution is -2.37. The SMILES string of the molecule is CC(C)C1CC(Nc2cccc(CNC(=O)OC(C)(C)C)c2)C1. The smallest absolute Gasteiger partial charge is 0.407 e. The van der Waals surface area contributed by atoms with Crippen molar-refractivity contribution in [1.82, 2.24) is 5.32 Å². The van der Waals surface area contributed by atoms with Crippen molar-refractivity contribution >= 4 is 11.8 Å². The van der Waals surface area contributed by atoms with E-state index in [1.54, 1.807) is 0 Å². The molecule has 0 spiro atoms. The third-order valence-corrected chi connectivity index (χ3v) is 4.25. The molecule has 2 N–H and O–H groups in total. The number of hydrogen-bond acceptors (Lipinski definition) is 3. The van der Waals surface area contributed by atoms with Crippen LogP contribution in [0.25, 0.3) is 0 Å². The van der Waals surface area contributed by atoms with Gasteiger partial charge in [-0.25, -0.2) is 4.79 Å². The summed E-state index contributed by atoms with van der Waals surface area (Å²) in [5, 5.41) is 6.38. The van der Waals surface area contributed by atoms with Crippen LogP contribution in [0.2, 0.25) is 0 Å². The molecule has 0 atom stereocenters. The predicted octanol–water partition coefficient (Wildman–Crippen LogP) is 4.56. The zero-order valence-electron chi connectivity index (χ0n) is 15.0. The minimum Gasteiger partial charge on any atom is -0.444 e. The molecule has 0 radical (unpaired) electrons. The van der Waals surface area contributed by atoms with Crippen molar-refractivity contribution in [2.24, 2.45) is 11.8 Å². The van der Waals surface area contributed by atoms with Crippen LogP contribution < -0.4 is 10.6 Å². The number of amides is 1. The summed E-state index contributed by atoms with van der Waals surface area (Å²) in [4.78, 5) is 11.7. The van der Waals surface area contributed by atoms with Crippen molar-refractivity contribution in [3.63, 3.8) is 0 Å². The Morgan fingerprint density at radius 3 is 2.61 bits per heavy atom. The molecule has 0 aromatic heterocycles. The Bertz CT molecular complexity index is 528. The highest BCUT2D eigenvalue weighted by atomic mass is 16.6. The van der Waals surface area contributed by atoms with Gasteiger partial charge in [-0.3, -0.25) is 0 Å². The summed E-state index contributed by atoms with van der Waals surface area (Å²) in [6, 6.07) is 8.80. The first kappa shape index (κ1) is 17.6. The van der Waals surface area contributed by atoms with E-state index in [0.29, 0.717) is 12.6 Å². The maximum atomic E-state index is 11.7. The van der Waals surface area contributed by atoms with Gasteiger partial charge in [-0.15, -0.1) is 0 Å². The number of carbonyl (C=O) groups is 1. The van der Waals surface area contributed by atoms with E-state index < -0.39 is 5.60 Å². The molecule has 0 unspecified atom stereocenters. The Kier molecular flexibility index (Phi) is 5.55. The van der Waals surface area contributed by atoms with Crippen molar-refractivity contribution in [3.8, 4) is 0 Å². The Balaban J connectivity index is 1.80. The number of anilines is 1. The molecule has 0 saturated heterocycles. The minimum absolute atomic E-state index is 0.380. The van der Waals surface area contributed by atoms with Crippen molar-refractivity contribution < 1.29 is 9.53 Å². The van der Waals surface area contributed by atoms with Gasteiger partial charge in [-0.2, -0.15) is 0 Å². The number of nitrogens with one attached hydrogen (secondary N) is 2. The molecule has 4 heteroatoms. The van der Waals surface area contributed by atoms with Crippen molar-refractivity contribution in [2.45, 2.75) is 65.6 Å². The van der Waals surface area contributed by atoms with Crippen LogP contribution in [0.4, 0.5) is 10.5 Å². The maximum Gasteiger partial charge on any atom is 0.407 e. The average Bonchev–Trinajstić information content (AvgIpc) is 2.38. The van der Waals surface area contributed by atoms with Crippen molar-refractivity contribution in [3.05, 3.63) is 29.8 Å². The van der Waals surface area contributed by atoms with Crippen LogP contribution in [-0.2, 0) is 11.3 Å². The summed E-state index contributed by atoms with van der Waals surface area (Å²) >= 11 is 0. The van der Waals surface area contributed by atoms with Crippen LogP contribution in [-0.4, -0.2) is 17.7 Å². The van der Waals surface area contributed by atoms with Crippen LogP contribution >= 0.6 is 0 Å². The normalized spacial score (nSPS) is 20.8. The van der Waals surface area contributed by atoms with Crippen LogP contribution in [0, 0.1) is 11.8 Å². The molecule has 1 saturated carbocycles. The first-order chi connectivity index (χ1) is 10.7. The van der Waals surface area contributed by atoms with E-state index in [2.05, 4.69) is 36.6 Å². The average molecular weight is 318 g/mol. The van der Waals surface area contributed by atoms with E-state index in [4.69, 9.17) is 4.74 Å². The minimum atomic E-state index is -0.468. The third kappa shape index (κ3) is 5.77. The predicted molar refractivity (Wildman–Crippen MR) is 94.5 cm³/mol. The summed E-state index contributed by atoms with van der Waals surface area (Å²) < 4.78 is 5.25. The Labute approximate surface area is 140 Å². The molecule has 1 aliphatic carbocycles. The second-order valence-corrected chi connectivity index (χ2v) is 7.87. The van der Waals surface area contributed by atoms with Gasteiger partial charge in [0, 0.05) is 18.3 Å². The second-order valence-electron chi connectivity index (χ2n) is 7.87. The largest absolute Gasteiger partial charge is 0.444 e. The summed E-state index contributed by atoms with van der Waals surface area (Å²) in [6.45, 7) is 10.7. The van der Waals surface area contributed by atoms with Gasteiger partial charge >= 0.3 is 6.09 Å². The van der Waals surface area contributed by atoms with Crippen molar-refractivity contribution in [1.29, 1.82) is 0 Å². The molecular weight excluding hydrogens is 288 g/mol. The number of benzene rings is 1. The van der Waals surface area contributed by atoms with Crippen LogP contribution in [0.1, 0.15) is 53.0 Å². The summed E-state index contributed by atoms with van der Waals surface area (Å²) in [5.74, 6) is 1.63. The Hall–Kier alpha value is -1.71. The fourth-order valence-corrected chi connectivity index (χ4v) is 2.82. The topological polar surface area (TPSA) is 50.4 Å². The van der Waals surface area contributed by atoms with Crippen LogP contribution in [0.15, 0.2) is 24.3 Å². The number of ether oxygens (including phenoxy) is 1. The quantitative estimate of drug-likeness (QED) is 0.837. The molecule has 2 rings (SSSR count). The number of hydrogen-bond donors (Lipinski definition) is 2. The van der Waals surface area contributed by atoms with Gasteiger partial charge in [0.25, 0.3) is 0 Å². The number of carbonyl (C=O) groups excluding carboxylic acids is 1. The lowest BCUT2D eigenvalue weighted by atomic mass is 9.73. The van der Waals surface area contributed by atoms with Gasteiger partial charge in [0.2, 0.25) is 0 Å². The molecule has 1 aromatic rings. The highest BCUT2D eigenvalue weighted by Crippen LogP contribution is 2.35. The van der Waals surface area contributed by atoms with Gasteiger partial charge < -0.3 is 15.4 Å². The Morgan fingerprint density at radius 2 is 2.00 bits per heavy atom. The monoisotopic (exact) mass is 318 g/mol. The zero-order chi connectivity index (χ0) is 17.0. The van der Waals surface area contributed by atoms with Crippen molar-refractivity contribution in [2.75, 3.05) is 5.32 Å². The molecule has 4 nitrogen and oxygen atoms in total. The second kappa shape index (κ2) is 7.24. The third-order valence-electron chi connectivity index (χ3n) is 4.25. The first-order valence-corrected chi connectivity index (χ1v) is 8.55. The van der Waals surface area contributed by atoms with E-state index in [-0.39, 0.29) is 6.09 Å². The lowest BCUT2D eigenvalue weighted by molar-refractivity contribution is 0.0523. The van der Waals surface area contributed by atoms with Gasteiger partial charge in [-0.05, 0) is 63.1 Å². The fourth-order valence-electron chi connectivity index (χ4n) is 2.82. The highest BCUT2D eigenvalue weighted by molar-refractivity contribution is 5.67. The zero-order valence-corrected chi connectivity index (χ0v) is 15.0. The summed E-state index contributed by atoms with van der Waals surface area (Å²) in [6.07, 6.45) is 2.12. The summed E-state index contributed by atoms with van der Waals surface area (Å²) in [7, 11) is 0. The van der Waals surface area contributed by atoms with E-state index in [9.17, 15) is 4.79 Å². The molecule has 23 heavy (non-hydrogen) atoms. The number of rotatable bonds is 5. The van der Waals surface area contributed by atoms with E-state index in [0.717, 1.165) is 23.1 Å².